The van der Waals surface area contributed by atoms with Gasteiger partial charge in [0.15, 0.2) is 0 Å². The van der Waals surface area contributed by atoms with Crippen molar-refractivity contribution in [2.75, 3.05) is 26.2 Å². The minimum absolute atomic E-state index is 0.0291. The van der Waals surface area contributed by atoms with Gasteiger partial charge in [-0.1, -0.05) is 30.3 Å². The van der Waals surface area contributed by atoms with Gasteiger partial charge in [-0.25, -0.2) is 8.42 Å². The number of amides is 1. The predicted octanol–water partition coefficient (Wildman–Crippen LogP) is 3.10. The Morgan fingerprint density at radius 3 is 2.22 bits per heavy atom. The van der Waals surface area contributed by atoms with Gasteiger partial charge in [0.05, 0.1) is 4.90 Å². The van der Waals surface area contributed by atoms with E-state index in [1.54, 1.807) is 24.3 Å². The molecule has 0 N–H and O–H groups in total. The molecule has 6 heteroatoms. The monoisotopic (exact) mass is 384 g/mol. The van der Waals surface area contributed by atoms with Gasteiger partial charge >= 0.3 is 0 Å². The first-order valence-corrected chi connectivity index (χ1v) is 10.9. The molecule has 27 heavy (non-hydrogen) atoms. The Kier molecular flexibility index (Phi) is 5.02. The van der Waals surface area contributed by atoms with Crippen molar-refractivity contribution in [2.24, 2.45) is 0 Å². The van der Waals surface area contributed by atoms with Crippen LogP contribution in [0, 0.1) is 0 Å². The molecule has 1 atom stereocenters. The van der Waals surface area contributed by atoms with Crippen molar-refractivity contribution in [3.8, 4) is 0 Å². The van der Waals surface area contributed by atoms with Gasteiger partial charge in [0.2, 0.25) is 10.0 Å². The summed E-state index contributed by atoms with van der Waals surface area (Å²) in [6, 6.07) is 16.7. The fraction of sp³-hybridized carbons (Fsp3) is 0.381. The summed E-state index contributed by atoms with van der Waals surface area (Å²) in [5, 5.41) is 0. The third kappa shape index (κ3) is 3.64. The lowest BCUT2D eigenvalue weighted by Gasteiger charge is -2.18. The summed E-state index contributed by atoms with van der Waals surface area (Å²) in [6.45, 7) is 2.60. The minimum Gasteiger partial charge on any atom is -0.338 e. The summed E-state index contributed by atoms with van der Waals surface area (Å²) in [6.07, 6.45) is 2.78. The maximum absolute atomic E-state index is 12.8. The Balaban J connectivity index is 1.45. The van der Waals surface area contributed by atoms with Crippen molar-refractivity contribution in [2.45, 2.75) is 30.1 Å². The first-order valence-electron chi connectivity index (χ1n) is 9.50. The van der Waals surface area contributed by atoms with E-state index in [9.17, 15) is 13.2 Å². The lowest BCUT2D eigenvalue weighted by molar-refractivity contribution is 0.0790. The molecule has 2 aromatic rings. The highest BCUT2D eigenvalue weighted by atomic mass is 32.2. The van der Waals surface area contributed by atoms with Gasteiger partial charge < -0.3 is 4.90 Å². The van der Waals surface area contributed by atoms with Crippen molar-refractivity contribution in [1.82, 2.24) is 9.21 Å². The van der Waals surface area contributed by atoms with E-state index in [4.69, 9.17) is 0 Å². The van der Waals surface area contributed by atoms with E-state index in [2.05, 4.69) is 12.1 Å². The molecule has 0 radical (unpaired) electrons. The number of benzene rings is 2. The Bertz CT molecular complexity index is 904. The zero-order valence-corrected chi connectivity index (χ0v) is 16.1. The molecule has 5 nitrogen and oxygen atoms in total. The molecule has 2 heterocycles. The second kappa shape index (κ2) is 7.44. The van der Waals surface area contributed by atoms with Gasteiger partial charge in [0.25, 0.3) is 5.91 Å². The van der Waals surface area contributed by atoms with Crippen molar-refractivity contribution >= 4 is 15.9 Å². The average molecular weight is 385 g/mol. The van der Waals surface area contributed by atoms with Crippen molar-refractivity contribution < 1.29 is 13.2 Å². The molecule has 0 aliphatic carbocycles. The molecule has 0 saturated carbocycles. The highest BCUT2D eigenvalue weighted by Gasteiger charge is 2.29. The molecule has 2 fully saturated rings. The molecule has 2 saturated heterocycles. The van der Waals surface area contributed by atoms with E-state index < -0.39 is 10.0 Å². The first kappa shape index (κ1) is 18.2. The molecule has 142 valence electrons. The number of carbonyl (C=O) groups excluding carboxylic acids is 1. The van der Waals surface area contributed by atoms with Gasteiger partial charge in [0.1, 0.15) is 0 Å². The Morgan fingerprint density at radius 2 is 1.56 bits per heavy atom. The molecule has 0 aromatic heterocycles. The van der Waals surface area contributed by atoms with Crippen LogP contribution in [0.2, 0.25) is 0 Å². The summed E-state index contributed by atoms with van der Waals surface area (Å²) in [5.74, 6) is 0.337. The molecule has 1 unspecified atom stereocenters. The van der Waals surface area contributed by atoms with Crippen LogP contribution in [0.25, 0.3) is 0 Å². The van der Waals surface area contributed by atoms with Crippen LogP contribution in [0.3, 0.4) is 0 Å². The van der Waals surface area contributed by atoms with Gasteiger partial charge in [0, 0.05) is 37.7 Å². The molecule has 1 amide bonds. The van der Waals surface area contributed by atoms with E-state index in [0.717, 1.165) is 25.8 Å². The standard InChI is InChI=1S/C21H24N2O3S/c24-21(22-15-12-19(16-22)17-6-2-1-3-7-17)18-8-10-20(11-9-18)27(25,26)23-13-4-5-14-23/h1-3,6-11,19H,4-5,12-16H2. The number of rotatable bonds is 4. The molecular weight excluding hydrogens is 360 g/mol. The van der Waals surface area contributed by atoms with E-state index in [1.807, 2.05) is 23.1 Å². The van der Waals surface area contributed by atoms with E-state index in [0.29, 0.717) is 31.1 Å². The second-order valence-corrected chi connectivity index (χ2v) is 9.22. The molecule has 2 aromatic carbocycles. The van der Waals surface area contributed by atoms with E-state index in [1.165, 1.54) is 9.87 Å². The number of likely N-dealkylation sites (tertiary alicyclic amines) is 1. The van der Waals surface area contributed by atoms with Crippen LogP contribution in [0.1, 0.15) is 41.1 Å². The predicted molar refractivity (Wildman–Crippen MR) is 104 cm³/mol. The molecular formula is C21H24N2O3S. The van der Waals surface area contributed by atoms with Crippen LogP contribution in [-0.4, -0.2) is 49.7 Å². The summed E-state index contributed by atoms with van der Waals surface area (Å²) in [7, 11) is -3.44. The number of hydrogen-bond acceptors (Lipinski definition) is 3. The van der Waals surface area contributed by atoms with Gasteiger partial charge in [-0.2, -0.15) is 4.31 Å². The van der Waals surface area contributed by atoms with Gasteiger partial charge in [-0.05, 0) is 49.1 Å². The summed E-state index contributed by atoms with van der Waals surface area (Å²) in [5.41, 5.74) is 1.81. The highest BCUT2D eigenvalue weighted by Crippen LogP contribution is 2.28. The van der Waals surface area contributed by atoms with Crippen LogP contribution in [-0.2, 0) is 10.0 Å². The highest BCUT2D eigenvalue weighted by molar-refractivity contribution is 7.89. The van der Waals surface area contributed by atoms with Crippen molar-refractivity contribution in [3.63, 3.8) is 0 Å². The number of carbonyl (C=O) groups is 1. The molecule has 0 bridgehead atoms. The lowest BCUT2D eigenvalue weighted by Crippen LogP contribution is -2.29. The normalized spacial score (nSPS) is 20.9. The summed E-state index contributed by atoms with van der Waals surface area (Å²) < 4.78 is 26.7. The Labute approximate surface area is 160 Å². The smallest absolute Gasteiger partial charge is 0.253 e. The largest absolute Gasteiger partial charge is 0.338 e. The van der Waals surface area contributed by atoms with Crippen LogP contribution >= 0.6 is 0 Å². The van der Waals surface area contributed by atoms with Crippen molar-refractivity contribution in [1.29, 1.82) is 0 Å². The SMILES string of the molecule is O=C(c1ccc(S(=O)(=O)N2CCCC2)cc1)N1CCC(c2ccccc2)C1. The zero-order chi connectivity index (χ0) is 18.9. The summed E-state index contributed by atoms with van der Waals surface area (Å²) in [4.78, 5) is 14.9. The molecule has 0 spiro atoms. The summed E-state index contributed by atoms with van der Waals surface area (Å²) >= 11 is 0. The average Bonchev–Trinajstić information content (AvgIpc) is 3.41. The van der Waals surface area contributed by atoms with Gasteiger partial charge in [-0.15, -0.1) is 0 Å². The minimum atomic E-state index is -3.44. The first-order chi connectivity index (χ1) is 13.1. The number of hydrogen-bond donors (Lipinski definition) is 0. The Morgan fingerprint density at radius 1 is 0.889 bits per heavy atom. The van der Waals surface area contributed by atoms with Crippen LogP contribution in [0.4, 0.5) is 0 Å². The third-order valence-corrected chi connectivity index (χ3v) is 7.46. The van der Waals surface area contributed by atoms with E-state index >= 15 is 0 Å². The van der Waals surface area contributed by atoms with Gasteiger partial charge in [-0.3, -0.25) is 4.79 Å². The Hall–Kier alpha value is -2.18. The van der Waals surface area contributed by atoms with E-state index in [-0.39, 0.29) is 10.8 Å². The zero-order valence-electron chi connectivity index (χ0n) is 15.3. The third-order valence-electron chi connectivity index (χ3n) is 5.55. The second-order valence-electron chi connectivity index (χ2n) is 7.28. The maximum atomic E-state index is 12.8. The fourth-order valence-electron chi connectivity index (χ4n) is 3.97. The van der Waals surface area contributed by atoms with Crippen LogP contribution < -0.4 is 0 Å². The molecule has 2 aliphatic rings. The fourth-order valence-corrected chi connectivity index (χ4v) is 5.49. The maximum Gasteiger partial charge on any atom is 0.253 e. The van der Waals surface area contributed by atoms with Crippen LogP contribution in [0.5, 0.6) is 0 Å². The quantitative estimate of drug-likeness (QED) is 0.814. The number of nitrogens with zero attached hydrogens (tertiary/aromatic N) is 2. The number of sulfonamides is 1. The van der Waals surface area contributed by atoms with Crippen molar-refractivity contribution in [3.05, 3.63) is 65.7 Å². The topological polar surface area (TPSA) is 57.7 Å². The molecule has 4 rings (SSSR count). The van der Waals surface area contributed by atoms with Crippen LogP contribution in [0.15, 0.2) is 59.5 Å². The lowest BCUT2D eigenvalue weighted by atomic mass is 9.99. The molecule has 2 aliphatic heterocycles.